The molecule has 160 valence electrons. The highest BCUT2D eigenvalue weighted by molar-refractivity contribution is 6.07. The highest BCUT2D eigenvalue weighted by Crippen LogP contribution is 2.51. The Balaban J connectivity index is 1.79. The number of allylic oxidation sites excluding steroid dienone is 2. The minimum Gasteiger partial charge on any atom is -0.358 e. The van der Waals surface area contributed by atoms with Gasteiger partial charge in [-0.1, -0.05) is 68.4 Å². The third-order valence-corrected chi connectivity index (χ3v) is 6.49. The van der Waals surface area contributed by atoms with E-state index in [2.05, 4.69) is 24.1 Å². The summed E-state index contributed by atoms with van der Waals surface area (Å²) < 4.78 is 0. The molecule has 1 aliphatic carbocycles. The second-order valence-electron chi connectivity index (χ2n) is 9.49. The third-order valence-electron chi connectivity index (χ3n) is 6.49. The zero-order chi connectivity index (χ0) is 22.3. The van der Waals surface area contributed by atoms with Crippen molar-refractivity contribution in [3.05, 3.63) is 107 Å². The Hall–Kier alpha value is -3.53. The molecule has 1 N–H and O–H groups in total. The Labute approximate surface area is 188 Å². The van der Waals surface area contributed by atoms with E-state index in [1.165, 1.54) is 0 Å². The Kier molecular flexibility index (Phi) is 5.01. The topological polar surface area (TPSA) is 59.1 Å². The van der Waals surface area contributed by atoms with Gasteiger partial charge in [-0.3, -0.25) is 14.6 Å². The van der Waals surface area contributed by atoms with Gasteiger partial charge in [0.25, 0.3) is 0 Å². The maximum absolute atomic E-state index is 14.0. The monoisotopic (exact) mass is 422 g/mol. The average Bonchev–Trinajstić information content (AvgIpc) is 2.93. The van der Waals surface area contributed by atoms with E-state index in [1.807, 2.05) is 72.8 Å². The molecule has 0 saturated carbocycles. The average molecular weight is 423 g/mol. The number of rotatable bonds is 3. The molecule has 0 spiro atoms. The molecular weight excluding hydrogens is 396 g/mol. The Morgan fingerprint density at radius 2 is 1.66 bits per heavy atom. The number of anilines is 1. The van der Waals surface area contributed by atoms with Crippen LogP contribution in [-0.2, 0) is 4.79 Å². The van der Waals surface area contributed by atoms with Crippen LogP contribution in [-0.4, -0.2) is 16.6 Å². The summed E-state index contributed by atoms with van der Waals surface area (Å²) >= 11 is 0. The van der Waals surface area contributed by atoms with Crippen LogP contribution in [0.25, 0.3) is 0 Å². The number of aromatic nitrogens is 1. The van der Waals surface area contributed by atoms with Gasteiger partial charge in [-0.25, -0.2) is 0 Å². The van der Waals surface area contributed by atoms with Gasteiger partial charge in [-0.2, -0.15) is 0 Å². The Bertz CT molecular complexity index is 1210. The number of carbonyl (C=O) groups excluding carboxylic acids is 2. The lowest BCUT2D eigenvalue weighted by atomic mass is 9.68. The molecule has 2 heterocycles. The highest BCUT2D eigenvalue weighted by Gasteiger charge is 2.45. The van der Waals surface area contributed by atoms with E-state index < -0.39 is 11.8 Å². The zero-order valence-electron chi connectivity index (χ0n) is 18.3. The Morgan fingerprint density at radius 1 is 0.938 bits per heavy atom. The van der Waals surface area contributed by atoms with Crippen LogP contribution in [0.2, 0.25) is 0 Å². The van der Waals surface area contributed by atoms with Gasteiger partial charge < -0.3 is 5.32 Å². The number of nitrogens with one attached hydrogen (secondary N) is 1. The van der Waals surface area contributed by atoms with Crippen molar-refractivity contribution < 1.29 is 9.59 Å². The van der Waals surface area contributed by atoms with Crippen molar-refractivity contribution in [1.82, 2.24) is 4.98 Å². The van der Waals surface area contributed by atoms with Crippen LogP contribution in [0, 0.1) is 5.41 Å². The normalized spacial score (nSPS) is 21.8. The van der Waals surface area contributed by atoms with Crippen molar-refractivity contribution in [1.29, 1.82) is 0 Å². The molecule has 3 aromatic rings. The molecule has 2 unspecified atom stereocenters. The molecule has 4 nitrogen and oxygen atoms in total. The van der Waals surface area contributed by atoms with Gasteiger partial charge in [0.1, 0.15) is 0 Å². The van der Waals surface area contributed by atoms with Gasteiger partial charge in [0.15, 0.2) is 11.6 Å². The molecule has 2 aliphatic rings. The molecule has 0 fully saturated rings. The van der Waals surface area contributed by atoms with E-state index in [1.54, 1.807) is 6.20 Å². The van der Waals surface area contributed by atoms with Crippen LogP contribution < -0.4 is 5.32 Å². The summed E-state index contributed by atoms with van der Waals surface area (Å²) in [5.74, 6) is -0.896. The number of carbonyl (C=O) groups is 2. The first-order chi connectivity index (χ1) is 15.4. The van der Waals surface area contributed by atoms with Crippen LogP contribution in [0.5, 0.6) is 0 Å². The van der Waals surface area contributed by atoms with Gasteiger partial charge in [-0.15, -0.1) is 0 Å². The molecule has 0 amide bonds. The van der Waals surface area contributed by atoms with Crippen molar-refractivity contribution >= 4 is 17.3 Å². The maximum Gasteiger partial charge on any atom is 0.171 e. The van der Waals surface area contributed by atoms with Crippen molar-refractivity contribution in [3.63, 3.8) is 0 Å². The summed E-state index contributed by atoms with van der Waals surface area (Å²) in [5.41, 5.74) is 4.65. The van der Waals surface area contributed by atoms with Gasteiger partial charge in [0.05, 0.1) is 5.92 Å². The molecule has 0 radical (unpaired) electrons. The second kappa shape index (κ2) is 7.86. The summed E-state index contributed by atoms with van der Waals surface area (Å²) in [6, 6.07) is 23.0. The maximum atomic E-state index is 14.0. The van der Waals surface area contributed by atoms with Crippen molar-refractivity contribution in [2.75, 3.05) is 5.32 Å². The summed E-state index contributed by atoms with van der Waals surface area (Å²) in [6.45, 7) is 4.24. The minimum absolute atomic E-state index is 0.00175. The number of fused-ring (bicyclic) bond motifs is 1. The SMILES string of the molecule is CC1(C)CC(=O)C2=C(C1)Nc1ccccc1C(C(=O)c1ccccc1)C2c1ccccn1. The predicted molar refractivity (Wildman–Crippen MR) is 126 cm³/mol. The molecule has 4 heteroatoms. The zero-order valence-corrected chi connectivity index (χ0v) is 18.3. The van der Waals surface area contributed by atoms with Crippen LogP contribution in [0.3, 0.4) is 0 Å². The molecule has 1 aliphatic heterocycles. The Morgan fingerprint density at radius 3 is 2.41 bits per heavy atom. The predicted octanol–water partition coefficient (Wildman–Crippen LogP) is 5.90. The number of benzene rings is 2. The standard InChI is InChI=1S/C28H26N2O2/c1-28(2)16-22-25(23(31)17-28)26(21-14-8-9-15-29-21)24(19-12-6-7-13-20(19)30-22)27(32)18-10-4-3-5-11-18/h3-15,24,26,30H,16-17H2,1-2H3. The number of hydrogen-bond acceptors (Lipinski definition) is 4. The number of para-hydroxylation sites is 1. The fourth-order valence-electron chi connectivity index (χ4n) is 5.15. The number of nitrogens with zero attached hydrogens (tertiary/aromatic N) is 1. The minimum atomic E-state index is -0.548. The summed E-state index contributed by atoms with van der Waals surface area (Å²) in [6.07, 6.45) is 2.94. The summed E-state index contributed by atoms with van der Waals surface area (Å²) in [4.78, 5) is 32.3. The van der Waals surface area contributed by atoms with E-state index in [0.717, 1.165) is 29.1 Å². The van der Waals surface area contributed by atoms with E-state index in [0.29, 0.717) is 17.6 Å². The van der Waals surface area contributed by atoms with Crippen LogP contribution in [0.1, 0.15) is 60.1 Å². The third kappa shape index (κ3) is 3.56. The van der Waals surface area contributed by atoms with Gasteiger partial charge in [0.2, 0.25) is 0 Å². The summed E-state index contributed by atoms with van der Waals surface area (Å²) in [7, 11) is 0. The molecule has 0 bridgehead atoms. The molecule has 5 rings (SSSR count). The lowest BCUT2D eigenvalue weighted by molar-refractivity contribution is -0.118. The molecule has 32 heavy (non-hydrogen) atoms. The molecular formula is C28H26N2O2. The first-order valence-electron chi connectivity index (χ1n) is 11.1. The van der Waals surface area contributed by atoms with E-state index >= 15 is 0 Å². The van der Waals surface area contributed by atoms with Crippen molar-refractivity contribution in [2.24, 2.45) is 5.41 Å². The van der Waals surface area contributed by atoms with E-state index in [9.17, 15) is 9.59 Å². The van der Waals surface area contributed by atoms with Crippen LogP contribution in [0.4, 0.5) is 5.69 Å². The fraction of sp³-hybridized carbons (Fsp3) is 0.250. The van der Waals surface area contributed by atoms with Crippen molar-refractivity contribution in [3.8, 4) is 0 Å². The lowest BCUT2D eigenvalue weighted by Gasteiger charge is -2.35. The van der Waals surface area contributed by atoms with Crippen LogP contribution in [0.15, 0.2) is 90.3 Å². The number of ketones is 2. The first kappa shape index (κ1) is 20.4. The number of pyridine rings is 1. The molecule has 0 saturated heterocycles. The molecule has 1 aromatic heterocycles. The van der Waals surface area contributed by atoms with E-state index in [-0.39, 0.29) is 17.0 Å². The van der Waals surface area contributed by atoms with Crippen molar-refractivity contribution in [2.45, 2.75) is 38.5 Å². The quantitative estimate of drug-likeness (QED) is 0.534. The van der Waals surface area contributed by atoms with Gasteiger partial charge in [-0.05, 0) is 35.6 Å². The number of hydrogen-bond donors (Lipinski definition) is 1. The van der Waals surface area contributed by atoms with Crippen LogP contribution >= 0.6 is 0 Å². The largest absolute Gasteiger partial charge is 0.358 e. The molecule has 2 atom stereocenters. The van der Waals surface area contributed by atoms with Gasteiger partial charge in [0, 0.05) is 46.8 Å². The van der Waals surface area contributed by atoms with E-state index in [4.69, 9.17) is 0 Å². The fourth-order valence-corrected chi connectivity index (χ4v) is 5.15. The first-order valence-corrected chi connectivity index (χ1v) is 11.1. The highest BCUT2D eigenvalue weighted by atomic mass is 16.1. The van der Waals surface area contributed by atoms with Gasteiger partial charge >= 0.3 is 0 Å². The lowest BCUT2D eigenvalue weighted by Crippen LogP contribution is -2.32. The number of Topliss-reactive ketones (excluding diaryl/α,β-unsaturated/α-hetero) is 2. The summed E-state index contributed by atoms with van der Waals surface area (Å²) in [5, 5.41) is 3.56. The molecule has 2 aromatic carbocycles. The smallest absolute Gasteiger partial charge is 0.171 e. The second-order valence-corrected chi connectivity index (χ2v) is 9.49.